The first-order chi connectivity index (χ1) is 8.25. The first kappa shape index (κ1) is 11.9. The van der Waals surface area contributed by atoms with Gasteiger partial charge in [-0.25, -0.2) is 0 Å². The number of hydrogen-bond acceptors (Lipinski definition) is 4. The fraction of sp³-hybridized carbons (Fsp3) is 0.500. The third-order valence-corrected chi connectivity index (χ3v) is 2.89. The van der Waals surface area contributed by atoms with E-state index in [9.17, 15) is 9.90 Å². The third-order valence-electron chi connectivity index (χ3n) is 2.89. The molecule has 0 unspecified atom stereocenters. The Morgan fingerprint density at radius 1 is 1.53 bits per heavy atom. The van der Waals surface area contributed by atoms with Crippen molar-refractivity contribution in [1.29, 1.82) is 0 Å². The standard InChI is InChI=1S/C12H16N2O3/c15-11-8-13-4-1-10(11)14-12(16)7-9-2-5-17-6-3-9/h1,4,8-9,15H,2-3,5-7H2,(H,13,14,16). The zero-order valence-corrected chi connectivity index (χ0v) is 9.56. The Morgan fingerprint density at radius 2 is 2.29 bits per heavy atom. The molecule has 0 aliphatic carbocycles. The molecule has 1 aromatic rings. The molecule has 0 bridgehead atoms. The molecule has 17 heavy (non-hydrogen) atoms. The van der Waals surface area contributed by atoms with Crippen molar-refractivity contribution >= 4 is 11.6 Å². The van der Waals surface area contributed by atoms with Gasteiger partial charge in [0.05, 0.1) is 11.9 Å². The van der Waals surface area contributed by atoms with Gasteiger partial charge in [0, 0.05) is 25.8 Å². The molecule has 1 amide bonds. The van der Waals surface area contributed by atoms with Gasteiger partial charge in [0.25, 0.3) is 0 Å². The van der Waals surface area contributed by atoms with Gasteiger partial charge in [-0.1, -0.05) is 0 Å². The summed E-state index contributed by atoms with van der Waals surface area (Å²) in [6, 6.07) is 1.58. The smallest absolute Gasteiger partial charge is 0.224 e. The average Bonchev–Trinajstić information content (AvgIpc) is 2.33. The van der Waals surface area contributed by atoms with Crippen LogP contribution in [0.15, 0.2) is 18.5 Å². The first-order valence-electron chi connectivity index (χ1n) is 5.76. The van der Waals surface area contributed by atoms with Crippen LogP contribution in [0.25, 0.3) is 0 Å². The van der Waals surface area contributed by atoms with E-state index in [2.05, 4.69) is 10.3 Å². The minimum Gasteiger partial charge on any atom is -0.504 e. The highest BCUT2D eigenvalue weighted by atomic mass is 16.5. The predicted molar refractivity (Wildman–Crippen MR) is 62.7 cm³/mol. The molecule has 0 aromatic carbocycles. The lowest BCUT2D eigenvalue weighted by Crippen LogP contribution is -2.22. The summed E-state index contributed by atoms with van der Waals surface area (Å²) in [7, 11) is 0. The second kappa shape index (κ2) is 5.63. The van der Waals surface area contributed by atoms with Crippen LogP contribution in [0.2, 0.25) is 0 Å². The lowest BCUT2D eigenvalue weighted by molar-refractivity contribution is -0.117. The normalized spacial score (nSPS) is 16.7. The Hall–Kier alpha value is -1.62. The average molecular weight is 236 g/mol. The summed E-state index contributed by atoms with van der Waals surface area (Å²) in [6.45, 7) is 1.47. The summed E-state index contributed by atoms with van der Waals surface area (Å²) in [5, 5.41) is 12.2. The molecule has 1 aliphatic rings. The molecule has 1 aromatic heterocycles. The van der Waals surface area contributed by atoms with Gasteiger partial charge >= 0.3 is 0 Å². The van der Waals surface area contributed by atoms with Crippen LogP contribution in [0, 0.1) is 5.92 Å². The molecule has 0 radical (unpaired) electrons. The highest BCUT2D eigenvalue weighted by molar-refractivity contribution is 5.92. The van der Waals surface area contributed by atoms with Crippen molar-refractivity contribution in [2.45, 2.75) is 19.3 Å². The number of rotatable bonds is 3. The molecule has 0 atom stereocenters. The van der Waals surface area contributed by atoms with Crippen molar-refractivity contribution in [1.82, 2.24) is 4.98 Å². The topological polar surface area (TPSA) is 71.5 Å². The van der Waals surface area contributed by atoms with Crippen molar-refractivity contribution in [3.8, 4) is 5.75 Å². The van der Waals surface area contributed by atoms with E-state index in [1.807, 2.05) is 0 Å². The molecule has 1 fully saturated rings. The zero-order valence-electron chi connectivity index (χ0n) is 9.56. The van der Waals surface area contributed by atoms with Crippen LogP contribution in [-0.4, -0.2) is 29.2 Å². The second-order valence-electron chi connectivity index (χ2n) is 4.20. The van der Waals surface area contributed by atoms with Crippen LogP contribution in [0.1, 0.15) is 19.3 Å². The molecule has 1 saturated heterocycles. The Labute approximate surface area is 99.8 Å². The van der Waals surface area contributed by atoms with E-state index in [0.717, 1.165) is 26.1 Å². The minimum absolute atomic E-state index is 0.00664. The summed E-state index contributed by atoms with van der Waals surface area (Å²) in [6.07, 6.45) is 5.17. The molecule has 5 heteroatoms. The van der Waals surface area contributed by atoms with E-state index < -0.39 is 0 Å². The maximum Gasteiger partial charge on any atom is 0.224 e. The van der Waals surface area contributed by atoms with Crippen LogP contribution in [0.3, 0.4) is 0 Å². The number of ether oxygens (including phenoxy) is 1. The third kappa shape index (κ3) is 3.42. The van der Waals surface area contributed by atoms with Crippen molar-refractivity contribution in [2.75, 3.05) is 18.5 Å². The maximum absolute atomic E-state index is 11.7. The lowest BCUT2D eigenvalue weighted by Gasteiger charge is -2.21. The number of aromatic nitrogens is 1. The van der Waals surface area contributed by atoms with E-state index in [1.54, 1.807) is 6.07 Å². The summed E-state index contributed by atoms with van der Waals surface area (Å²) in [4.78, 5) is 15.5. The summed E-state index contributed by atoms with van der Waals surface area (Å²) in [5.74, 6) is 0.305. The van der Waals surface area contributed by atoms with Crippen LogP contribution in [0.4, 0.5) is 5.69 Å². The SMILES string of the molecule is O=C(CC1CCOCC1)Nc1ccncc1O. The van der Waals surface area contributed by atoms with Crippen LogP contribution in [0.5, 0.6) is 5.75 Å². The van der Waals surface area contributed by atoms with Gasteiger partial charge in [-0.15, -0.1) is 0 Å². The Balaban J connectivity index is 1.86. The largest absolute Gasteiger partial charge is 0.504 e. The number of carbonyl (C=O) groups excluding carboxylic acids is 1. The molecule has 2 rings (SSSR count). The van der Waals surface area contributed by atoms with Gasteiger partial charge in [-0.2, -0.15) is 0 Å². The molecule has 2 heterocycles. The molecule has 0 saturated carbocycles. The van der Waals surface area contributed by atoms with Gasteiger partial charge in [-0.3, -0.25) is 9.78 Å². The molecule has 92 valence electrons. The number of hydrogen-bond donors (Lipinski definition) is 2. The van der Waals surface area contributed by atoms with E-state index in [0.29, 0.717) is 18.0 Å². The van der Waals surface area contributed by atoms with Gasteiger partial charge in [0.2, 0.25) is 5.91 Å². The molecule has 2 N–H and O–H groups in total. The summed E-state index contributed by atoms with van der Waals surface area (Å²) < 4.78 is 5.24. The number of pyridine rings is 1. The number of nitrogens with one attached hydrogen (secondary N) is 1. The van der Waals surface area contributed by atoms with Crippen molar-refractivity contribution < 1.29 is 14.6 Å². The molecule has 1 aliphatic heterocycles. The van der Waals surface area contributed by atoms with Crippen molar-refractivity contribution in [2.24, 2.45) is 5.92 Å². The van der Waals surface area contributed by atoms with Crippen LogP contribution in [-0.2, 0) is 9.53 Å². The van der Waals surface area contributed by atoms with Crippen molar-refractivity contribution in [3.63, 3.8) is 0 Å². The molecular weight excluding hydrogens is 220 g/mol. The van der Waals surface area contributed by atoms with Gasteiger partial charge < -0.3 is 15.2 Å². The van der Waals surface area contributed by atoms with Gasteiger partial charge in [0.15, 0.2) is 5.75 Å². The highest BCUT2D eigenvalue weighted by Gasteiger charge is 2.17. The Bertz CT molecular complexity index is 389. The number of carbonyl (C=O) groups is 1. The number of nitrogens with zero attached hydrogens (tertiary/aromatic N) is 1. The van der Waals surface area contributed by atoms with Gasteiger partial charge in [0.1, 0.15) is 0 Å². The fourth-order valence-electron chi connectivity index (χ4n) is 1.91. The molecular formula is C12H16N2O3. The Kier molecular flexibility index (Phi) is 3.93. The minimum atomic E-state index is -0.0709. The number of aromatic hydroxyl groups is 1. The predicted octanol–water partition coefficient (Wildman–Crippen LogP) is 1.54. The first-order valence-corrected chi connectivity index (χ1v) is 5.76. The fourth-order valence-corrected chi connectivity index (χ4v) is 1.91. The van der Waals surface area contributed by atoms with Gasteiger partial charge in [-0.05, 0) is 24.8 Å². The molecule has 0 spiro atoms. The summed E-state index contributed by atoms with van der Waals surface area (Å²) in [5.41, 5.74) is 0.414. The van der Waals surface area contributed by atoms with E-state index in [4.69, 9.17) is 4.74 Å². The highest BCUT2D eigenvalue weighted by Crippen LogP contribution is 2.23. The lowest BCUT2D eigenvalue weighted by atomic mass is 9.96. The van der Waals surface area contributed by atoms with E-state index in [1.165, 1.54) is 12.4 Å². The summed E-state index contributed by atoms with van der Waals surface area (Å²) >= 11 is 0. The quantitative estimate of drug-likeness (QED) is 0.835. The second-order valence-corrected chi connectivity index (χ2v) is 4.20. The van der Waals surface area contributed by atoms with Crippen molar-refractivity contribution in [3.05, 3.63) is 18.5 Å². The van der Waals surface area contributed by atoms with E-state index >= 15 is 0 Å². The number of amides is 1. The maximum atomic E-state index is 11.7. The monoisotopic (exact) mass is 236 g/mol. The Morgan fingerprint density at radius 3 is 3.00 bits per heavy atom. The van der Waals surface area contributed by atoms with Crippen LogP contribution < -0.4 is 5.32 Å². The zero-order chi connectivity index (χ0) is 12.1. The van der Waals surface area contributed by atoms with E-state index in [-0.39, 0.29) is 11.7 Å². The molecule has 5 nitrogen and oxygen atoms in total. The number of anilines is 1. The van der Waals surface area contributed by atoms with Crippen LogP contribution >= 0.6 is 0 Å².